The van der Waals surface area contributed by atoms with Crippen LogP contribution in [-0.4, -0.2) is 0 Å². The van der Waals surface area contributed by atoms with E-state index in [2.05, 4.69) is 111 Å². The first-order valence-electron chi connectivity index (χ1n) is 11.2. The van der Waals surface area contributed by atoms with Crippen LogP contribution in [0, 0.1) is 0 Å². The van der Waals surface area contributed by atoms with E-state index in [4.69, 9.17) is 4.42 Å². The molecule has 0 N–H and O–H groups in total. The second kappa shape index (κ2) is 7.39. The number of para-hydroxylation sites is 2. The van der Waals surface area contributed by atoms with Crippen molar-refractivity contribution in [3.05, 3.63) is 109 Å². The lowest BCUT2D eigenvalue weighted by Gasteiger charge is -2.11. The molecule has 0 aliphatic heterocycles. The molecule has 0 aliphatic carbocycles. The molecule has 0 bridgehead atoms. The van der Waals surface area contributed by atoms with Gasteiger partial charge < -0.3 is 4.42 Å². The Morgan fingerprint density at radius 1 is 0.531 bits per heavy atom. The van der Waals surface area contributed by atoms with Gasteiger partial charge in [0.1, 0.15) is 11.2 Å². The third-order valence-electron chi connectivity index (χ3n) is 6.47. The zero-order valence-corrected chi connectivity index (χ0v) is 18.3. The van der Waals surface area contributed by atoms with Gasteiger partial charge in [-0.2, -0.15) is 0 Å². The van der Waals surface area contributed by atoms with Crippen molar-refractivity contribution in [1.29, 1.82) is 0 Å². The topological polar surface area (TPSA) is 13.1 Å². The van der Waals surface area contributed by atoms with Crippen LogP contribution in [0.15, 0.2) is 108 Å². The molecule has 154 valence electrons. The molecule has 1 heterocycles. The van der Waals surface area contributed by atoms with Crippen LogP contribution in [-0.2, 0) is 0 Å². The van der Waals surface area contributed by atoms with Gasteiger partial charge in [0, 0.05) is 21.9 Å². The summed E-state index contributed by atoms with van der Waals surface area (Å²) in [4.78, 5) is 0. The molecule has 0 saturated heterocycles. The normalized spacial score (nSPS) is 11.7. The van der Waals surface area contributed by atoms with Gasteiger partial charge in [-0.15, -0.1) is 0 Å². The van der Waals surface area contributed by atoms with Gasteiger partial charge in [0.2, 0.25) is 0 Å². The van der Waals surface area contributed by atoms with Crippen molar-refractivity contribution in [3.8, 4) is 22.3 Å². The highest BCUT2D eigenvalue weighted by molar-refractivity contribution is 6.14. The first-order valence-corrected chi connectivity index (χ1v) is 11.2. The van der Waals surface area contributed by atoms with Crippen molar-refractivity contribution in [2.24, 2.45) is 0 Å². The van der Waals surface area contributed by atoms with Crippen LogP contribution in [0.2, 0.25) is 0 Å². The Labute approximate surface area is 187 Å². The summed E-state index contributed by atoms with van der Waals surface area (Å²) in [6.45, 7) is 4.49. The molecule has 1 nitrogen and oxygen atoms in total. The van der Waals surface area contributed by atoms with E-state index in [9.17, 15) is 0 Å². The molecule has 0 saturated carbocycles. The van der Waals surface area contributed by atoms with Crippen LogP contribution >= 0.6 is 0 Å². The van der Waals surface area contributed by atoms with Crippen LogP contribution in [0.5, 0.6) is 0 Å². The maximum Gasteiger partial charge on any atom is 0.143 e. The smallest absolute Gasteiger partial charge is 0.143 e. The van der Waals surface area contributed by atoms with E-state index in [1.807, 2.05) is 6.07 Å². The Morgan fingerprint density at radius 3 is 1.94 bits per heavy atom. The van der Waals surface area contributed by atoms with Gasteiger partial charge in [-0.3, -0.25) is 0 Å². The number of rotatable bonds is 3. The molecule has 6 aromatic rings. The highest BCUT2D eigenvalue weighted by Gasteiger charge is 2.16. The average molecular weight is 413 g/mol. The highest BCUT2D eigenvalue weighted by Crippen LogP contribution is 2.41. The predicted molar refractivity (Wildman–Crippen MR) is 136 cm³/mol. The van der Waals surface area contributed by atoms with Gasteiger partial charge in [-0.1, -0.05) is 117 Å². The second-order valence-electron chi connectivity index (χ2n) is 8.77. The van der Waals surface area contributed by atoms with Crippen LogP contribution in [0.1, 0.15) is 25.3 Å². The first-order chi connectivity index (χ1) is 15.7. The van der Waals surface area contributed by atoms with E-state index in [1.165, 1.54) is 27.5 Å². The quantitative estimate of drug-likeness (QED) is 0.282. The monoisotopic (exact) mass is 412 g/mol. The van der Waals surface area contributed by atoms with Crippen molar-refractivity contribution in [3.63, 3.8) is 0 Å². The molecule has 1 heteroatoms. The van der Waals surface area contributed by atoms with Crippen molar-refractivity contribution in [2.45, 2.75) is 19.8 Å². The standard InChI is InChI=1S/C31H24O/c1-20(2)23-18-17-22-11-6-13-25(29(22)19-23)26-14-8-16-28-27-15-7-12-24(30(27)32-31(26)28)21-9-4-3-5-10-21/h3-20H,1-2H3. The third-order valence-corrected chi connectivity index (χ3v) is 6.47. The van der Waals surface area contributed by atoms with Crippen LogP contribution < -0.4 is 0 Å². The van der Waals surface area contributed by atoms with Gasteiger partial charge >= 0.3 is 0 Å². The molecule has 0 spiro atoms. The Kier molecular flexibility index (Phi) is 4.36. The Balaban J connectivity index is 1.66. The zero-order valence-electron chi connectivity index (χ0n) is 18.3. The number of hydrogen-bond donors (Lipinski definition) is 0. The molecule has 0 aliphatic rings. The molecule has 32 heavy (non-hydrogen) atoms. The number of fused-ring (bicyclic) bond motifs is 4. The van der Waals surface area contributed by atoms with Crippen molar-refractivity contribution in [1.82, 2.24) is 0 Å². The number of furan rings is 1. The fourth-order valence-electron chi connectivity index (χ4n) is 4.76. The summed E-state index contributed by atoms with van der Waals surface area (Å²) in [6.07, 6.45) is 0. The number of hydrogen-bond acceptors (Lipinski definition) is 1. The zero-order chi connectivity index (χ0) is 21.7. The summed E-state index contributed by atoms with van der Waals surface area (Å²) >= 11 is 0. The maximum absolute atomic E-state index is 6.65. The van der Waals surface area contributed by atoms with E-state index in [-0.39, 0.29) is 0 Å². The lowest BCUT2D eigenvalue weighted by atomic mass is 9.93. The molecular formula is C31H24O. The van der Waals surface area contributed by atoms with Crippen molar-refractivity contribution in [2.75, 3.05) is 0 Å². The molecule has 0 fully saturated rings. The third kappa shape index (κ3) is 2.93. The minimum Gasteiger partial charge on any atom is -0.455 e. The molecule has 5 aromatic carbocycles. The van der Waals surface area contributed by atoms with E-state index in [0.717, 1.165) is 33.1 Å². The summed E-state index contributed by atoms with van der Waals surface area (Å²) in [5.74, 6) is 0.489. The van der Waals surface area contributed by atoms with E-state index in [0.29, 0.717) is 5.92 Å². The molecule has 0 amide bonds. The Bertz CT molecular complexity index is 1590. The molecule has 6 rings (SSSR count). The largest absolute Gasteiger partial charge is 0.455 e. The van der Waals surface area contributed by atoms with E-state index >= 15 is 0 Å². The van der Waals surface area contributed by atoms with Gasteiger partial charge in [-0.05, 0) is 33.4 Å². The fourth-order valence-corrected chi connectivity index (χ4v) is 4.76. The van der Waals surface area contributed by atoms with Crippen LogP contribution in [0.4, 0.5) is 0 Å². The van der Waals surface area contributed by atoms with Crippen LogP contribution in [0.3, 0.4) is 0 Å². The number of benzene rings is 5. The average Bonchev–Trinajstić information content (AvgIpc) is 3.23. The van der Waals surface area contributed by atoms with Crippen molar-refractivity contribution >= 4 is 32.7 Å². The minimum atomic E-state index is 0.489. The van der Waals surface area contributed by atoms with Gasteiger partial charge in [0.25, 0.3) is 0 Å². The maximum atomic E-state index is 6.65. The van der Waals surface area contributed by atoms with E-state index in [1.54, 1.807) is 0 Å². The molecule has 0 atom stereocenters. The molecule has 0 unspecified atom stereocenters. The molecule has 0 radical (unpaired) electrons. The van der Waals surface area contributed by atoms with Gasteiger partial charge in [-0.25, -0.2) is 0 Å². The minimum absolute atomic E-state index is 0.489. The summed E-state index contributed by atoms with van der Waals surface area (Å²) in [5, 5.41) is 4.85. The SMILES string of the molecule is CC(C)c1ccc2cccc(-c3cccc4c3oc3c(-c5ccccc5)cccc34)c2c1. The van der Waals surface area contributed by atoms with Gasteiger partial charge in [0.15, 0.2) is 0 Å². The summed E-state index contributed by atoms with van der Waals surface area (Å²) in [5.41, 5.74) is 7.92. The lowest BCUT2D eigenvalue weighted by molar-refractivity contribution is 0.671. The van der Waals surface area contributed by atoms with Crippen molar-refractivity contribution < 1.29 is 4.42 Å². The second-order valence-corrected chi connectivity index (χ2v) is 8.77. The predicted octanol–water partition coefficient (Wildman–Crippen LogP) is 9.20. The first kappa shape index (κ1) is 18.9. The Hall–Kier alpha value is -3.84. The lowest BCUT2D eigenvalue weighted by Crippen LogP contribution is -1.89. The molecule has 1 aromatic heterocycles. The fraction of sp³-hybridized carbons (Fsp3) is 0.0968. The van der Waals surface area contributed by atoms with E-state index < -0.39 is 0 Å². The molecular weight excluding hydrogens is 388 g/mol. The van der Waals surface area contributed by atoms with Gasteiger partial charge in [0.05, 0.1) is 0 Å². The summed E-state index contributed by atoms with van der Waals surface area (Å²) in [7, 11) is 0. The summed E-state index contributed by atoms with van der Waals surface area (Å²) in [6, 6.07) is 36.8. The van der Waals surface area contributed by atoms with Crippen LogP contribution in [0.25, 0.3) is 55.0 Å². The Morgan fingerprint density at radius 2 is 1.19 bits per heavy atom. The highest BCUT2D eigenvalue weighted by atomic mass is 16.3. The summed E-state index contributed by atoms with van der Waals surface area (Å²) < 4.78 is 6.65.